The van der Waals surface area contributed by atoms with Gasteiger partial charge in [0.1, 0.15) is 11.5 Å². The molecule has 28 heavy (non-hydrogen) atoms. The lowest BCUT2D eigenvalue weighted by Gasteiger charge is -2.26. The van der Waals surface area contributed by atoms with E-state index >= 15 is 0 Å². The molecule has 7 heteroatoms. The lowest BCUT2D eigenvalue weighted by Crippen LogP contribution is -2.24. The zero-order valence-electron chi connectivity index (χ0n) is 16.3. The van der Waals surface area contributed by atoms with E-state index in [9.17, 15) is 4.39 Å². The van der Waals surface area contributed by atoms with Crippen LogP contribution in [0, 0.1) is 5.82 Å². The van der Waals surface area contributed by atoms with Crippen LogP contribution >= 0.6 is 0 Å². The molecule has 3 aromatic heterocycles. The number of halogens is 1. The highest BCUT2D eigenvalue weighted by molar-refractivity contribution is 5.84. The molecule has 6 nitrogen and oxygen atoms in total. The van der Waals surface area contributed by atoms with Crippen LogP contribution in [0.5, 0.6) is 0 Å². The van der Waals surface area contributed by atoms with Gasteiger partial charge >= 0.3 is 0 Å². The van der Waals surface area contributed by atoms with Gasteiger partial charge in [-0.05, 0) is 37.3 Å². The van der Waals surface area contributed by atoms with Crippen molar-refractivity contribution in [2.75, 3.05) is 11.4 Å². The predicted octanol–water partition coefficient (Wildman–Crippen LogP) is 4.59. The van der Waals surface area contributed by atoms with Gasteiger partial charge in [-0.25, -0.2) is 9.07 Å². The first-order chi connectivity index (χ1) is 13.6. The fourth-order valence-electron chi connectivity index (χ4n) is 3.73. The summed E-state index contributed by atoms with van der Waals surface area (Å²) in [7, 11) is 0. The van der Waals surface area contributed by atoms with Gasteiger partial charge in [0.25, 0.3) is 0 Å². The van der Waals surface area contributed by atoms with Crippen LogP contribution in [-0.2, 0) is 6.54 Å². The summed E-state index contributed by atoms with van der Waals surface area (Å²) in [6.45, 7) is 10.1. The van der Waals surface area contributed by atoms with E-state index in [4.69, 9.17) is 0 Å². The first-order valence-electron chi connectivity index (χ1n) is 9.78. The molecular weight excluding hydrogens is 355 g/mol. The molecule has 0 aromatic carbocycles. The van der Waals surface area contributed by atoms with Crippen LogP contribution in [-0.4, -0.2) is 31.5 Å². The lowest BCUT2D eigenvalue weighted by molar-refractivity contribution is 0.593. The van der Waals surface area contributed by atoms with Crippen LogP contribution in [0.4, 0.5) is 10.2 Å². The highest BCUT2D eigenvalue weighted by Crippen LogP contribution is 2.39. The summed E-state index contributed by atoms with van der Waals surface area (Å²) in [6.07, 6.45) is 8.35. The lowest BCUT2D eigenvalue weighted by atomic mass is 9.97. The molecular formula is C21H25FN6. The molecule has 0 amide bonds. The van der Waals surface area contributed by atoms with Crippen LogP contribution in [0.2, 0.25) is 0 Å². The molecule has 4 rings (SSSR count). The monoisotopic (exact) mass is 380 g/mol. The number of hydrogen-bond acceptors (Lipinski definition) is 4. The molecule has 0 fully saturated rings. The van der Waals surface area contributed by atoms with Gasteiger partial charge in [-0.3, -0.25) is 10.1 Å². The van der Waals surface area contributed by atoms with E-state index in [1.807, 2.05) is 22.0 Å². The van der Waals surface area contributed by atoms with E-state index in [1.165, 1.54) is 6.07 Å². The first-order valence-corrected chi connectivity index (χ1v) is 9.78. The second kappa shape index (κ2) is 7.58. The number of pyridine rings is 1. The number of H-pyrrole nitrogens is 1. The fraction of sp³-hybridized carbons (Fsp3) is 0.381. The third-order valence-electron chi connectivity index (χ3n) is 5.51. The smallest absolute Gasteiger partial charge is 0.150 e. The minimum absolute atomic E-state index is 0.273. The van der Waals surface area contributed by atoms with Crippen molar-refractivity contribution < 1.29 is 4.39 Å². The minimum Gasteiger partial charge on any atom is -0.325 e. The number of nitrogens with one attached hydrogen (secondary N) is 1. The Morgan fingerprint density at radius 2 is 2.14 bits per heavy atom. The Bertz CT molecular complexity index is 988. The number of aryl methyl sites for hydroxylation is 1. The molecule has 146 valence electrons. The van der Waals surface area contributed by atoms with Gasteiger partial charge in [0.05, 0.1) is 29.3 Å². The van der Waals surface area contributed by atoms with Crippen LogP contribution in [0.25, 0.3) is 17.0 Å². The zero-order valence-corrected chi connectivity index (χ0v) is 16.3. The highest BCUT2D eigenvalue weighted by Gasteiger charge is 2.27. The van der Waals surface area contributed by atoms with Gasteiger partial charge in [-0.1, -0.05) is 20.4 Å². The first kappa shape index (κ1) is 18.4. The number of hydrogen-bond donors (Lipinski definition) is 1. The molecule has 0 spiro atoms. The highest BCUT2D eigenvalue weighted by atomic mass is 19.1. The summed E-state index contributed by atoms with van der Waals surface area (Å²) < 4.78 is 16.4. The molecule has 0 aliphatic carbocycles. The Hall–Kier alpha value is -2.96. The summed E-state index contributed by atoms with van der Waals surface area (Å²) in [5.74, 6) is 0.924. The molecule has 0 unspecified atom stereocenters. The van der Waals surface area contributed by atoms with Gasteiger partial charge in [0.2, 0.25) is 0 Å². The Kier molecular flexibility index (Phi) is 4.98. The van der Waals surface area contributed by atoms with Crippen molar-refractivity contribution in [1.82, 2.24) is 25.0 Å². The zero-order chi connectivity index (χ0) is 19.7. The number of fused-ring (bicyclic) bond motifs is 1. The summed E-state index contributed by atoms with van der Waals surface area (Å²) in [5, 5.41) is 12.1. The van der Waals surface area contributed by atoms with E-state index in [2.05, 4.69) is 40.7 Å². The van der Waals surface area contributed by atoms with Crippen molar-refractivity contribution >= 4 is 11.5 Å². The summed E-state index contributed by atoms with van der Waals surface area (Å²) in [4.78, 5) is 6.27. The Balaban J connectivity index is 1.83. The maximum absolute atomic E-state index is 14.4. The Labute approximate surface area is 164 Å². The number of anilines is 1. The van der Waals surface area contributed by atoms with Gasteiger partial charge in [0, 0.05) is 24.8 Å². The van der Waals surface area contributed by atoms with Crippen molar-refractivity contribution in [3.63, 3.8) is 0 Å². The van der Waals surface area contributed by atoms with E-state index in [-0.39, 0.29) is 11.5 Å². The van der Waals surface area contributed by atoms with Crippen molar-refractivity contribution in [3.8, 4) is 11.3 Å². The van der Waals surface area contributed by atoms with Crippen molar-refractivity contribution in [2.24, 2.45) is 0 Å². The molecule has 0 radical (unpaired) electrons. The summed E-state index contributed by atoms with van der Waals surface area (Å²) in [5.41, 5.74) is 3.92. The van der Waals surface area contributed by atoms with Gasteiger partial charge in [0.15, 0.2) is 5.82 Å². The van der Waals surface area contributed by atoms with Crippen LogP contribution in [0.3, 0.4) is 0 Å². The molecule has 1 aliphatic heterocycles. The third-order valence-corrected chi connectivity index (χ3v) is 5.51. The van der Waals surface area contributed by atoms with E-state index in [0.717, 1.165) is 55.0 Å². The van der Waals surface area contributed by atoms with Crippen LogP contribution < -0.4 is 4.90 Å². The largest absolute Gasteiger partial charge is 0.325 e. The maximum atomic E-state index is 14.4. The quantitative estimate of drug-likeness (QED) is 0.703. The van der Waals surface area contributed by atoms with Crippen molar-refractivity contribution in [1.29, 1.82) is 0 Å². The normalized spacial score (nSPS) is 15.2. The van der Waals surface area contributed by atoms with E-state index < -0.39 is 0 Å². The summed E-state index contributed by atoms with van der Waals surface area (Å²) in [6, 6.07) is 3.01. The molecule has 0 saturated heterocycles. The average Bonchev–Trinajstić information content (AvgIpc) is 3.29. The maximum Gasteiger partial charge on any atom is 0.150 e. The van der Waals surface area contributed by atoms with Crippen LogP contribution in [0.15, 0.2) is 37.3 Å². The predicted molar refractivity (Wildman–Crippen MR) is 108 cm³/mol. The Morgan fingerprint density at radius 3 is 2.93 bits per heavy atom. The number of rotatable bonds is 5. The second-order valence-corrected chi connectivity index (χ2v) is 7.25. The molecule has 1 N–H and O–H groups in total. The van der Waals surface area contributed by atoms with Gasteiger partial charge < -0.3 is 4.90 Å². The van der Waals surface area contributed by atoms with Crippen molar-refractivity contribution in [3.05, 3.63) is 54.4 Å². The minimum atomic E-state index is -0.369. The summed E-state index contributed by atoms with van der Waals surface area (Å²) >= 11 is 0. The number of aromatic nitrogens is 5. The third kappa shape index (κ3) is 3.10. The Morgan fingerprint density at radius 1 is 1.32 bits per heavy atom. The second-order valence-electron chi connectivity index (χ2n) is 7.25. The molecule has 0 bridgehead atoms. The van der Waals surface area contributed by atoms with E-state index in [0.29, 0.717) is 11.6 Å². The van der Waals surface area contributed by atoms with Crippen LogP contribution in [0.1, 0.15) is 50.3 Å². The molecule has 0 saturated carbocycles. The standard InChI is InChI=1S/C21H25FN6/c1-4-14(2)16-12-24-26-20(16)17-13-25-28-11-6-5-10-27(21(17)28)15(3)19-18(22)8-7-9-23-19/h7-9,12-14H,3-6,10-11H2,1-2H3,(H,24,26)/t14-/m1/s1. The fourth-order valence-corrected chi connectivity index (χ4v) is 3.73. The number of nitrogens with zero attached hydrogens (tertiary/aromatic N) is 5. The molecule has 1 aliphatic rings. The topological polar surface area (TPSA) is 62.6 Å². The van der Waals surface area contributed by atoms with Crippen molar-refractivity contribution in [2.45, 2.75) is 45.6 Å². The average molecular weight is 380 g/mol. The van der Waals surface area contributed by atoms with Gasteiger partial charge in [-0.2, -0.15) is 10.2 Å². The van der Waals surface area contributed by atoms with E-state index in [1.54, 1.807) is 12.3 Å². The number of aromatic amines is 1. The SMILES string of the molecule is C=C(c1ncccc1F)N1CCCCn2ncc(-c3[nH]ncc3[C@H](C)CC)c21. The molecule has 1 atom stereocenters. The van der Waals surface area contributed by atoms with Gasteiger partial charge in [-0.15, -0.1) is 0 Å². The molecule has 3 aromatic rings. The molecule has 4 heterocycles.